The molecule has 1 fully saturated rings. The van der Waals surface area contributed by atoms with Gasteiger partial charge in [-0.15, -0.1) is 5.10 Å². The molecule has 0 N–H and O–H groups in total. The number of hydrogen-bond acceptors (Lipinski definition) is 4. The van der Waals surface area contributed by atoms with Gasteiger partial charge in [-0.05, 0) is 74.5 Å². The molecule has 134 valence electrons. The predicted octanol–water partition coefficient (Wildman–Crippen LogP) is 4.67. The first-order valence-electron chi connectivity index (χ1n) is 8.81. The molecule has 0 amide bonds. The fourth-order valence-corrected chi connectivity index (χ4v) is 3.86. The lowest BCUT2D eigenvalue weighted by molar-refractivity contribution is 0.172. The molecule has 0 bridgehead atoms. The van der Waals surface area contributed by atoms with E-state index in [1.165, 1.54) is 19.3 Å². The van der Waals surface area contributed by atoms with E-state index in [0.29, 0.717) is 4.77 Å². The molecule has 26 heavy (non-hydrogen) atoms. The van der Waals surface area contributed by atoms with Crippen molar-refractivity contribution in [1.82, 2.24) is 24.2 Å². The summed E-state index contributed by atoms with van der Waals surface area (Å²) >= 11 is 9.31. The van der Waals surface area contributed by atoms with Crippen LogP contribution in [0, 0.1) is 4.77 Å². The predicted molar refractivity (Wildman–Crippen MR) is 109 cm³/mol. The normalized spacial score (nSPS) is 15.3. The van der Waals surface area contributed by atoms with Gasteiger partial charge in [-0.2, -0.15) is 0 Å². The maximum absolute atomic E-state index is 5.81. The maximum Gasteiger partial charge on any atom is 0.204 e. The Morgan fingerprint density at radius 2 is 1.65 bits per heavy atom. The number of rotatable bonds is 4. The van der Waals surface area contributed by atoms with Crippen LogP contribution >= 0.6 is 28.1 Å². The molecule has 7 heteroatoms. The summed E-state index contributed by atoms with van der Waals surface area (Å²) in [6.07, 6.45) is 7.38. The summed E-state index contributed by atoms with van der Waals surface area (Å²) in [5, 5.41) is 4.87. The van der Waals surface area contributed by atoms with Gasteiger partial charge in [0.25, 0.3) is 0 Å². The molecule has 0 saturated carbocycles. The van der Waals surface area contributed by atoms with Crippen molar-refractivity contribution >= 4 is 28.1 Å². The first kappa shape index (κ1) is 17.6. The monoisotopic (exact) mass is 429 g/mol. The Hall–Kier alpha value is -1.83. The van der Waals surface area contributed by atoms with E-state index in [0.717, 1.165) is 41.3 Å². The standard InChI is InChI=1S/C19H20BrN5S/c20-16-4-6-17(7-5-16)25-18(15-8-10-21-11-9-15)22-24(19(25)26)14-23-12-2-1-3-13-23/h4-11H,1-3,12-14H2. The maximum atomic E-state index is 5.81. The minimum Gasteiger partial charge on any atom is -0.284 e. The van der Waals surface area contributed by atoms with E-state index in [1.54, 1.807) is 12.4 Å². The summed E-state index contributed by atoms with van der Waals surface area (Å²) in [5.41, 5.74) is 2.02. The van der Waals surface area contributed by atoms with Crippen LogP contribution in [0.25, 0.3) is 17.1 Å². The van der Waals surface area contributed by atoms with Crippen molar-refractivity contribution < 1.29 is 0 Å². The van der Waals surface area contributed by atoms with Gasteiger partial charge < -0.3 is 0 Å². The summed E-state index contributed by atoms with van der Waals surface area (Å²) in [6, 6.07) is 12.1. The van der Waals surface area contributed by atoms with Crippen LogP contribution in [-0.2, 0) is 6.67 Å². The van der Waals surface area contributed by atoms with Crippen LogP contribution in [0.15, 0.2) is 53.3 Å². The number of halogens is 1. The lowest BCUT2D eigenvalue weighted by Crippen LogP contribution is -2.32. The second kappa shape index (κ2) is 7.82. The third-order valence-corrected chi connectivity index (χ3v) is 5.57. The second-order valence-electron chi connectivity index (χ2n) is 6.47. The van der Waals surface area contributed by atoms with Crippen molar-refractivity contribution in [1.29, 1.82) is 0 Å². The van der Waals surface area contributed by atoms with E-state index < -0.39 is 0 Å². The van der Waals surface area contributed by atoms with E-state index >= 15 is 0 Å². The third kappa shape index (κ3) is 3.65. The molecule has 0 unspecified atom stereocenters. The Morgan fingerprint density at radius 1 is 0.962 bits per heavy atom. The van der Waals surface area contributed by atoms with E-state index in [1.807, 2.05) is 33.5 Å². The minimum atomic E-state index is 0.713. The summed E-state index contributed by atoms with van der Waals surface area (Å²) in [7, 11) is 0. The quantitative estimate of drug-likeness (QED) is 0.564. The molecule has 1 aromatic carbocycles. The molecule has 0 atom stereocenters. The lowest BCUT2D eigenvalue weighted by atomic mass is 10.1. The van der Waals surface area contributed by atoms with Gasteiger partial charge in [0, 0.05) is 22.4 Å². The Bertz CT molecular complexity index is 927. The molecular formula is C19H20BrN5S. The van der Waals surface area contributed by atoms with Gasteiger partial charge in [-0.25, -0.2) is 4.68 Å². The average Bonchev–Trinajstić information content (AvgIpc) is 3.00. The summed E-state index contributed by atoms with van der Waals surface area (Å²) < 4.78 is 5.74. The van der Waals surface area contributed by atoms with Crippen LogP contribution in [-0.4, -0.2) is 37.3 Å². The Morgan fingerprint density at radius 3 is 2.35 bits per heavy atom. The first-order chi connectivity index (χ1) is 12.7. The van der Waals surface area contributed by atoms with Gasteiger partial charge in [0.05, 0.1) is 12.4 Å². The fraction of sp³-hybridized carbons (Fsp3) is 0.316. The summed E-state index contributed by atoms with van der Waals surface area (Å²) in [4.78, 5) is 6.55. The molecule has 1 saturated heterocycles. The molecular weight excluding hydrogens is 410 g/mol. The summed E-state index contributed by atoms with van der Waals surface area (Å²) in [6.45, 7) is 2.95. The highest BCUT2D eigenvalue weighted by Crippen LogP contribution is 2.24. The van der Waals surface area contributed by atoms with Crippen LogP contribution in [0.4, 0.5) is 0 Å². The second-order valence-corrected chi connectivity index (χ2v) is 7.75. The molecule has 5 nitrogen and oxygen atoms in total. The third-order valence-electron chi connectivity index (χ3n) is 4.65. The van der Waals surface area contributed by atoms with Crippen molar-refractivity contribution in [2.24, 2.45) is 0 Å². The van der Waals surface area contributed by atoms with Crippen LogP contribution < -0.4 is 0 Å². The molecule has 0 radical (unpaired) electrons. The molecule has 3 aromatic rings. The largest absolute Gasteiger partial charge is 0.284 e. The van der Waals surface area contributed by atoms with Crippen LogP contribution in [0.2, 0.25) is 0 Å². The van der Waals surface area contributed by atoms with Gasteiger partial charge >= 0.3 is 0 Å². The zero-order valence-corrected chi connectivity index (χ0v) is 16.8. The van der Waals surface area contributed by atoms with Gasteiger partial charge in [0.1, 0.15) is 0 Å². The van der Waals surface area contributed by atoms with Gasteiger partial charge in [-0.3, -0.25) is 14.5 Å². The van der Waals surface area contributed by atoms with Crippen molar-refractivity contribution in [3.63, 3.8) is 0 Å². The van der Waals surface area contributed by atoms with Gasteiger partial charge in [-0.1, -0.05) is 22.4 Å². The highest BCUT2D eigenvalue weighted by atomic mass is 79.9. The first-order valence-corrected chi connectivity index (χ1v) is 10.0. The number of aromatic nitrogens is 4. The highest BCUT2D eigenvalue weighted by molar-refractivity contribution is 9.10. The smallest absolute Gasteiger partial charge is 0.204 e. The van der Waals surface area contributed by atoms with E-state index in [-0.39, 0.29) is 0 Å². The van der Waals surface area contributed by atoms with Crippen LogP contribution in [0.5, 0.6) is 0 Å². The number of likely N-dealkylation sites (tertiary alicyclic amines) is 1. The lowest BCUT2D eigenvalue weighted by Gasteiger charge is -2.25. The molecule has 0 spiro atoms. The zero-order chi connectivity index (χ0) is 17.9. The Labute approximate surface area is 166 Å². The van der Waals surface area contributed by atoms with E-state index in [2.05, 4.69) is 37.9 Å². The molecule has 1 aliphatic heterocycles. The van der Waals surface area contributed by atoms with Crippen LogP contribution in [0.1, 0.15) is 19.3 Å². The average molecular weight is 430 g/mol. The number of nitrogens with zero attached hydrogens (tertiary/aromatic N) is 5. The Kier molecular flexibility index (Phi) is 5.28. The molecule has 4 rings (SSSR count). The molecule has 1 aliphatic rings. The number of pyridine rings is 1. The SMILES string of the molecule is S=c1n(CN2CCCCC2)nc(-c2ccncc2)n1-c1ccc(Br)cc1. The zero-order valence-electron chi connectivity index (χ0n) is 14.4. The van der Waals surface area contributed by atoms with Gasteiger partial charge in [0.15, 0.2) is 5.82 Å². The number of hydrogen-bond donors (Lipinski definition) is 0. The van der Waals surface area contributed by atoms with Crippen molar-refractivity contribution in [3.05, 3.63) is 58.0 Å². The fourth-order valence-electron chi connectivity index (χ4n) is 3.30. The van der Waals surface area contributed by atoms with E-state index in [4.69, 9.17) is 17.3 Å². The molecule has 2 aromatic heterocycles. The van der Waals surface area contributed by atoms with Crippen molar-refractivity contribution in [2.45, 2.75) is 25.9 Å². The highest BCUT2D eigenvalue weighted by Gasteiger charge is 2.17. The number of benzene rings is 1. The summed E-state index contributed by atoms with van der Waals surface area (Å²) in [5.74, 6) is 0.844. The molecule has 3 heterocycles. The van der Waals surface area contributed by atoms with Crippen molar-refractivity contribution in [3.8, 4) is 17.1 Å². The number of piperidine rings is 1. The van der Waals surface area contributed by atoms with E-state index in [9.17, 15) is 0 Å². The van der Waals surface area contributed by atoms with Gasteiger partial charge in [0.2, 0.25) is 4.77 Å². The van der Waals surface area contributed by atoms with Crippen LogP contribution in [0.3, 0.4) is 0 Å². The minimum absolute atomic E-state index is 0.713. The topological polar surface area (TPSA) is 38.9 Å². The Balaban J connectivity index is 1.79. The molecule has 0 aliphatic carbocycles. The van der Waals surface area contributed by atoms with Crippen molar-refractivity contribution in [2.75, 3.05) is 13.1 Å².